The van der Waals surface area contributed by atoms with E-state index in [9.17, 15) is 9.90 Å². The second-order valence-electron chi connectivity index (χ2n) is 2.78. The molecule has 0 aliphatic carbocycles. The topological polar surface area (TPSA) is 49.4 Å². The van der Waals surface area contributed by atoms with Crippen molar-refractivity contribution in [3.05, 3.63) is 28.7 Å². The first-order valence-electron chi connectivity index (χ1n) is 4.26. The number of carbonyl (C=O) groups is 1. The Morgan fingerprint density at radius 3 is 2.57 bits per heavy atom. The number of rotatable bonds is 5. The predicted molar refractivity (Wildman–Crippen MR) is 53.9 cm³/mol. The molecule has 1 rings (SSSR count). The molecule has 14 heavy (non-hydrogen) atoms. The van der Waals surface area contributed by atoms with Crippen LogP contribution in [0.2, 0.25) is 0 Å². The Bertz CT molecular complexity index is 295. The molecule has 0 aliphatic rings. The van der Waals surface area contributed by atoms with Crippen LogP contribution in [0.3, 0.4) is 0 Å². The minimum absolute atomic E-state index is 0.0382. The Hall–Kier alpha value is -1.03. The van der Waals surface area contributed by atoms with Gasteiger partial charge in [0.15, 0.2) is 0 Å². The van der Waals surface area contributed by atoms with Crippen molar-refractivity contribution in [3.8, 4) is 5.75 Å². The van der Waals surface area contributed by atoms with E-state index in [-0.39, 0.29) is 6.42 Å². The molecule has 0 fully saturated rings. The number of carboxylic acids is 1. The van der Waals surface area contributed by atoms with Crippen molar-refractivity contribution in [1.29, 1.82) is 0 Å². The van der Waals surface area contributed by atoms with Gasteiger partial charge in [0.1, 0.15) is 5.75 Å². The van der Waals surface area contributed by atoms with E-state index in [1.54, 1.807) is 0 Å². The molecule has 3 nitrogen and oxygen atoms in total. The lowest BCUT2D eigenvalue weighted by Gasteiger charge is -2.06. The summed E-state index contributed by atoms with van der Waals surface area (Å²) in [5, 5.41) is 10.1. The molecule has 0 atom stereocenters. The summed E-state index contributed by atoms with van der Waals surface area (Å²) in [5.74, 6) is -0.295. The summed E-state index contributed by atoms with van der Waals surface area (Å²) >= 11 is 3.30. The minimum Gasteiger partial charge on any atom is -0.550 e. The van der Waals surface area contributed by atoms with Gasteiger partial charge in [-0.1, -0.05) is 15.9 Å². The van der Waals surface area contributed by atoms with E-state index < -0.39 is 5.97 Å². The molecule has 1 aromatic rings. The molecule has 4 heteroatoms. The van der Waals surface area contributed by atoms with Crippen LogP contribution in [-0.4, -0.2) is 12.6 Å². The van der Waals surface area contributed by atoms with Crippen molar-refractivity contribution in [2.75, 3.05) is 6.61 Å². The number of ether oxygens (including phenoxy) is 1. The third-order valence-electron chi connectivity index (χ3n) is 1.61. The monoisotopic (exact) mass is 257 g/mol. The zero-order chi connectivity index (χ0) is 10.4. The predicted octanol–water partition coefficient (Wildman–Crippen LogP) is 1.36. The summed E-state index contributed by atoms with van der Waals surface area (Å²) in [4.78, 5) is 10.1. The molecule has 0 N–H and O–H groups in total. The average molecular weight is 258 g/mol. The van der Waals surface area contributed by atoms with Crippen molar-refractivity contribution >= 4 is 21.9 Å². The summed E-state index contributed by atoms with van der Waals surface area (Å²) in [6.07, 6.45) is 0.509. The van der Waals surface area contributed by atoms with Crippen LogP contribution in [0.4, 0.5) is 0 Å². The van der Waals surface area contributed by atoms with Gasteiger partial charge in [0.05, 0.1) is 6.61 Å². The Morgan fingerprint density at radius 2 is 2.00 bits per heavy atom. The van der Waals surface area contributed by atoms with Crippen LogP contribution in [0, 0.1) is 0 Å². The summed E-state index contributed by atoms with van der Waals surface area (Å²) in [5.41, 5.74) is 0. The van der Waals surface area contributed by atoms with E-state index in [2.05, 4.69) is 15.9 Å². The number of hydrogen-bond donors (Lipinski definition) is 0. The molecule has 0 heterocycles. The highest BCUT2D eigenvalue weighted by molar-refractivity contribution is 9.10. The van der Waals surface area contributed by atoms with Crippen LogP contribution in [0.15, 0.2) is 28.7 Å². The van der Waals surface area contributed by atoms with E-state index in [1.807, 2.05) is 24.3 Å². The van der Waals surface area contributed by atoms with Crippen LogP contribution in [-0.2, 0) is 4.79 Å². The number of hydrogen-bond acceptors (Lipinski definition) is 3. The second-order valence-corrected chi connectivity index (χ2v) is 3.69. The van der Waals surface area contributed by atoms with Crippen molar-refractivity contribution in [2.24, 2.45) is 0 Å². The summed E-state index contributed by atoms with van der Waals surface area (Å²) in [7, 11) is 0. The number of aliphatic carboxylic acids is 1. The van der Waals surface area contributed by atoms with Gasteiger partial charge in [-0.3, -0.25) is 0 Å². The van der Waals surface area contributed by atoms with Crippen molar-refractivity contribution in [2.45, 2.75) is 12.8 Å². The zero-order valence-electron chi connectivity index (χ0n) is 7.53. The molecule has 1 aromatic carbocycles. The standard InChI is InChI=1S/C10H11BrO3/c11-8-3-5-9(6-4-8)14-7-1-2-10(12)13/h3-6H,1-2,7H2,(H,12,13)/p-1. The molecule has 76 valence electrons. The third-order valence-corrected chi connectivity index (χ3v) is 2.14. The Labute approximate surface area is 90.8 Å². The van der Waals surface area contributed by atoms with Gasteiger partial charge in [0.2, 0.25) is 0 Å². The maximum absolute atomic E-state index is 10.1. The fourth-order valence-corrected chi connectivity index (χ4v) is 1.20. The first-order chi connectivity index (χ1) is 6.68. The number of benzene rings is 1. The minimum atomic E-state index is -1.04. The Balaban J connectivity index is 2.25. The van der Waals surface area contributed by atoms with Gasteiger partial charge < -0.3 is 14.6 Å². The fraction of sp³-hybridized carbons (Fsp3) is 0.300. The molecule has 0 aromatic heterocycles. The number of halogens is 1. The third kappa shape index (κ3) is 4.28. The molecule has 0 saturated heterocycles. The van der Waals surface area contributed by atoms with E-state index in [1.165, 1.54) is 0 Å². The normalized spacial score (nSPS) is 9.79. The van der Waals surface area contributed by atoms with Gasteiger partial charge >= 0.3 is 0 Å². The van der Waals surface area contributed by atoms with Crippen LogP contribution in [0.25, 0.3) is 0 Å². The fourth-order valence-electron chi connectivity index (χ4n) is 0.937. The van der Waals surface area contributed by atoms with Crippen LogP contribution in [0.1, 0.15) is 12.8 Å². The van der Waals surface area contributed by atoms with Gasteiger partial charge in [-0.2, -0.15) is 0 Å². The summed E-state index contributed by atoms with van der Waals surface area (Å²) < 4.78 is 6.29. The van der Waals surface area contributed by atoms with Gasteiger partial charge in [-0.05, 0) is 37.1 Å². The summed E-state index contributed by atoms with van der Waals surface area (Å²) in [6, 6.07) is 7.38. The van der Waals surface area contributed by atoms with Crippen molar-refractivity contribution in [3.63, 3.8) is 0 Å². The number of carbonyl (C=O) groups excluding carboxylic acids is 1. The van der Waals surface area contributed by atoms with Crippen LogP contribution < -0.4 is 9.84 Å². The molecule has 0 aliphatic heterocycles. The van der Waals surface area contributed by atoms with E-state index >= 15 is 0 Å². The van der Waals surface area contributed by atoms with Crippen LogP contribution in [0.5, 0.6) is 5.75 Å². The van der Waals surface area contributed by atoms with Gasteiger partial charge in [0, 0.05) is 10.4 Å². The van der Waals surface area contributed by atoms with Crippen molar-refractivity contribution in [1.82, 2.24) is 0 Å². The molecule has 0 amide bonds. The first-order valence-corrected chi connectivity index (χ1v) is 5.06. The highest BCUT2D eigenvalue weighted by atomic mass is 79.9. The number of carboxylic acid groups (broad SMARTS) is 1. The molecule has 0 spiro atoms. The molecular formula is C10H10BrO3-. The van der Waals surface area contributed by atoms with E-state index in [4.69, 9.17) is 4.74 Å². The maximum atomic E-state index is 10.1. The van der Waals surface area contributed by atoms with E-state index in [0.29, 0.717) is 13.0 Å². The first kappa shape index (κ1) is 11.0. The lowest BCUT2D eigenvalue weighted by molar-refractivity contribution is -0.305. The molecule has 0 bridgehead atoms. The second kappa shape index (κ2) is 5.65. The molecule has 0 radical (unpaired) electrons. The van der Waals surface area contributed by atoms with Gasteiger partial charge in [0.25, 0.3) is 0 Å². The maximum Gasteiger partial charge on any atom is 0.119 e. The molecular weight excluding hydrogens is 248 g/mol. The van der Waals surface area contributed by atoms with Gasteiger partial charge in [-0.25, -0.2) is 0 Å². The van der Waals surface area contributed by atoms with Crippen LogP contribution >= 0.6 is 15.9 Å². The Kier molecular flexibility index (Phi) is 4.46. The summed E-state index contributed by atoms with van der Waals surface area (Å²) in [6.45, 7) is 0.398. The molecule has 0 unspecified atom stereocenters. The Morgan fingerprint density at radius 1 is 1.36 bits per heavy atom. The largest absolute Gasteiger partial charge is 0.550 e. The molecule has 0 saturated carbocycles. The highest BCUT2D eigenvalue weighted by Gasteiger charge is 1.93. The average Bonchev–Trinajstić information content (AvgIpc) is 2.15. The van der Waals surface area contributed by atoms with Gasteiger partial charge in [-0.15, -0.1) is 0 Å². The zero-order valence-corrected chi connectivity index (χ0v) is 9.12. The lowest BCUT2D eigenvalue weighted by atomic mass is 10.3. The van der Waals surface area contributed by atoms with Crippen molar-refractivity contribution < 1.29 is 14.6 Å². The smallest absolute Gasteiger partial charge is 0.119 e. The van der Waals surface area contributed by atoms with E-state index in [0.717, 1.165) is 10.2 Å². The highest BCUT2D eigenvalue weighted by Crippen LogP contribution is 2.16. The SMILES string of the molecule is O=C([O-])CCCOc1ccc(Br)cc1. The quantitative estimate of drug-likeness (QED) is 0.749. The lowest BCUT2D eigenvalue weighted by Crippen LogP contribution is -2.22.